The Labute approximate surface area is 175 Å². The number of hydrogen-bond donors (Lipinski definition) is 1. The number of hydrogen-bond acceptors (Lipinski definition) is 4. The van der Waals surface area contributed by atoms with E-state index >= 15 is 0 Å². The summed E-state index contributed by atoms with van der Waals surface area (Å²) in [5, 5.41) is 6.11. The lowest BCUT2D eigenvalue weighted by atomic mass is 10.1. The van der Waals surface area contributed by atoms with Crippen molar-refractivity contribution in [2.75, 3.05) is 20.1 Å². The normalized spacial score (nSPS) is 11.6. The molecule has 2 aromatic carbocycles. The molecule has 4 rings (SSSR count). The molecule has 0 spiro atoms. The number of nitrogens with one attached hydrogen (secondary N) is 1. The van der Waals surface area contributed by atoms with Crippen LogP contribution in [-0.2, 0) is 19.3 Å². The van der Waals surface area contributed by atoms with Gasteiger partial charge in [-0.3, -0.25) is 0 Å². The zero-order valence-corrected chi connectivity index (χ0v) is 17.5. The summed E-state index contributed by atoms with van der Waals surface area (Å²) >= 11 is 5.94. The van der Waals surface area contributed by atoms with Gasteiger partial charge >= 0.3 is 0 Å². The summed E-state index contributed by atoms with van der Waals surface area (Å²) < 4.78 is 5.52. The van der Waals surface area contributed by atoms with Crippen molar-refractivity contribution in [3.63, 3.8) is 0 Å². The zero-order valence-electron chi connectivity index (χ0n) is 16.8. The van der Waals surface area contributed by atoms with Crippen LogP contribution in [0.4, 0.5) is 0 Å². The largest absolute Gasteiger partial charge is 0.351 e. The maximum Gasteiger partial charge on any atom is 0.274 e. The molecule has 0 bridgehead atoms. The molecule has 6 heteroatoms. The lowest BCUT2D eigenvalue weighted by molar-refractivity contribution is 0.358. The van der Waals surface area contributed by atoms with Crippen LogP contribution in [0.1, 0.15) is 23.9 Å². The second-order valence-corrected chi connectivity index (χ2v) is 7.79. The van der Waals surface area contributed by atoms with E-state index in [0.717, 1.165) is 48.6 Å². The van der Waals surface area contributed by atoms with E-state index in [-0.39, 0.29) is 0 Å². The van der Waals surface area contributed by atoms with E-state index in [1.807, 2.05) is 24.3 Å². The van der Waals surface area contributed by atoms with Crippen molar-refractivity contribution in [3.8, 4) is 11.6 Å². The monoisotopic (exact) mass is 408 g/mol. The molecule has 2 heterocycles. The molecule has 2 aromatic heterocycles. The molecule has 150 valence electrons. The zero-order chi connectivity index (χ0) is 20.2. The number of likely N-dealkylation sites (N-methyl/N-ethyl adjacent to an activating group) is 1. The number of aromatic amines is 1. The number of aromatic nitrogens is 3. The molecule has 0 fully saturated rings. The second-order valence-electron chi connectivity index (χ2n) is 7.35. The van der Waals surface area contributed by atoms with Crippen LogP contribution in [0.5, 0.6) is 0 Å². The van der Waals surface area contributed by atoms with Crippen molar-refractivity contribution in [1.29, 1.82) is 0 Å². The summed E-state index contributed by atoms with van der Waals surface area (Å²) in [6.45, 7) is 4.26. The first kappa shape index (κ1) is 19.7. The van der Waals surface area contributed by atoms with Crippen molar-refractivity contribution in [3.05, 3.63) is 70.5 Å². The summed E-state index contributed by atoms with van der Waals surface area (Å²) in [6, 6.07) is 16.3. The Hall–Kier alpha value is -2.63. The Morgan fingerprint density at radius 3 is 2.69 bits per heavy atom. The van der Waals surface area contributed by atoms with Crippen LogP contribution in [0, 0.1) is 0 Å². The number of rotatable bonds is 8. The van der Waals surface area contributed by atoms with Crippen LogP contribution in [0.2, 0.25) is 5.02 Å². The number of halogens is 1. The van der Waals surface area contributed by atoms with Crippen LogP contribution in [-0.4, -0.2) is 40.2 Å². The molecule has 0 unspecified atom stereocenters. The average Bonchev–Trinajstić information content (AvgIpc) is 3.38. The minimum Gasteiger partial charge on any atom is -0.351 e. The smallest absolute Gasteiger partial charge is 0.274 e. The third kappa shape index (κ3) is 4.69. The molecule has 0 aliphatic rings. The van der Waals surface area contributed by atoms with Gasteiger partial charge in [0.25, 0.3) is 5.89 Å². The number of benzene rings is 2. The fraction of sp³-hybridized carbons (Fsp3) is 0.304. The molecule has 0 atom stereocenters. The lowest BCUT2D eigenvalue weighted by Gasteiger charge is -2.13. The van der Waals surface area contributed by atoms with Crippen LogP contribution in [0.15, 0.2) is 53.1 Å². The first-order valence-electron chi connectivity index (χ1n) is 9.99. The molecule has 0 saturated heterocycles. The highest BCUT2D eigenvalue weighted by atomic mass is 35.5. The quantitative estimate of drug-likeness (QED) is 0.438. The van der Waals surface area contributed by atoms with Gasteiger partial charge in [-0.25, -0.2) is 0 Å². The Morgan fingerprint density at radius 2 is 1.90 bits per heavy atom. The molecule has 0 aliphatic carbocycles. The van der Waals surface area contributed by atoms with E-state index in [9.17, 15) is 0 Å². The number of fused-ring (bicyclic) bond motifs is 1. The van der Waals surface area contributed by atoms with Crippen molar-refractivity contribution in [2.24, 2.45) is 0 Å². The van der Waals surface area contributed by atoms with Crippen molar-refractivity contribution in [2.45, 2.75) is 26.2 Å². The van der Waals surface area contributed by atoms with Crippen LogP contribution < -0.4 is 0 Å². The van der Waals surface area contributed by atoms with Gasteiger partial charge in [-0.15, -0.1) is 0 Å². The molecule has 4 aromatic rings. The third-order valence-corrected chi connectivity index (χ3v) is 5.56. The van der Waals surface area contributed by atoms with Gasteiger partial charge in [0, 0.05) is 28.9 Å². The van der Waals surface area contributed by atoms with E-state index in [1.165, 1.54) is 16.5 Å². The SMILES string of the molecule is CCN(C)CCc1cccc2[nH]c(-c3nc(CCc4ccc(Cl)cc4)no3)cc12. The van der Waals surface area contributed by atoms with E-state index in [2.05, 4.69) is 58.3 Å². The van der Waals surface area contributed by atoms with Crippen molar-refractivity contribution >= 4 is 22.5 Å². The average molecular weight is 409 g/mol. The molecule has 29 heavy (non-hydrogen) atoms. The standard InChI is InChI=1S/C23H25ClN4O/c1-3-28(2)14-13-17-5-4-6-20-19(17)15-21(25-20)23-26-22(27-29-23)12-9-16-7-10-18(24)11-8-16/h4-8,10-11,15,25H,3,9,12-14H2,1-2H3. The molecular formula is C23H25ClN4O. The van der Waals surface area contributed by atoms with Gasteiger partial charge in [0.05, 0.1) is 0 Å². The van der Waals surface area contributed by atoms with Gasteiger partial charge in [-0.2, -0.15) is 4.98 Å². The summed E-state index contributed by atoms with van der Waals surface area (Å²) in [5.74, 6) is 1.24. The molecular weight excluding hydrogens is 384 g/mol. The topological polar surface area (TPSA) is 58.0 Å². The third-order valence-electron chi connectivity index (χ3n) is 5.31. The van der Waals surface area contributed by atoms with Gasteiger partial charge in [0.15, 0.2) is 5.82 Å². The molecule has 1 N–H and O–H groups in total. The fourth-order valence-corrected chi connectivity index (χ4v) is 3.52. The summed E-state index contributed by atoms with van der Waals surface area (Å²) in [7, 11) is 2.15. The van der Waals surface area contributed by atoms with Crippen molar-refractivity contribution < 1.29 is 4.52 Å². The Balaban J connectivity index is 1.49. The predicted molar refractivity (Wildman–Crippen MR) is 117 cm³/mol. The first-order valence-corrected chi connectivity index (χ1v) is 10.4. The second kappa shape index (κ2) is 8.80. The summed E-state index contributed by atoms with van der Waals surface area (Å²) in [4.78, 5) is 10.3. The summed E-state index contributed by atoms with van der Waals surface area (Å²) in [5.41, 5.74) is 4.49. The minimum atomic E-state index is 0.531. The highest BCUT2D eigenvalue weighted by Crippen LogP contribution is 2.26. The van der Waals surface area contributed by atoms with E-state index < -0.39 is 0 Å². The van der Waals surface area contributed by atoms with Gasteiger partial charge in [-0.05, 0) is 61.8 Å². The first-order chi connectivity index (χ1) is 14.1. The predicted octanol–water partition coefficient (Wildman–Crippen LogP) is 5.15. The summed E-state index contributed by atoms with van der Waals surface area (Å²) in [6.07, 6.45) is 2.58. The highest BCUT2D eigenvalue weighted by Gasteiger charge is 2.13. The van der Waals surface area contributed by atoms with Crippen molar-refractivity contribution in [1.82, 2.24) is 20.0 Å². The fourth-order valence-electron chi connectivity index (χ4n) is 3.39. The number of H-pyrrole nitrogens is 1. The Morgan fingerprint density at radius 1 is 1.07 bits per heavy atom. The number of nitrogens with zero attached hydrogens (tertiary/aromatic N) is 3. The van der Waals surface area contributed by atoms with Crippen LogP contribution in [0.25, 0.3) is 22.5 Å². The maximum absolute atomic E-state index is 5.94. The minimum absolute atomic E-state index is 0.531. The molecule has 5 nitrogen and oxygen atoms in total. The van der Waals surface area contributed by atoms with Gasteiger partial charge in [-0.1, -0.05) is 47.9 Å². The van der Waals surface area contributed by atoms with Gasteiger partial charge in [0.2, 0.25) is 0 Å². The molecule has 0 radical (unpaired) electrons. The van der Waals surface area contributed by atoms with Gasteiger partial charge < -0.3 is 14.4 Å². The molecule has 0 amide bonds. The van der Waals surface area contributed by atoms with Gasteiger partial charge in [0.1, 0.15) is 5.69 Å². The van der Waals surface area contributed by atoms with Crippen LogP contribution >= 0.6 is 11.6 Å². The lowest BCUT2D eigenvalue weighted by Crippen LogP contribution is -2.20. The highest BCUT2D eigenvalue weighted by molar-refractivity contribution is 6.30. The van der Waals surface area contributed by atoms with E-state index in [0.29, 0.717) is 11.7 Å². The van der Waals surface area contributed by atoms with Crippen LogP contribution in [0.3, 0.4) is 0 Å². The Bertz CT molecular complexity index is 1080. The maximum atomic E-state index is 5.94. The van der Waals surface area contributed by atoms with E-state index in [1.54, 1.807) is 0 Å². The van der Waals surface area contributed by atoms with E-state index in [4.69, 9.17) is 16.1 Å². The molecule has 0 aliphatic heterocycles. The number of aryl methyl sites for hydroxylation is 2. The Kier molecular flexibility index (Phi) is 5.97. The molecule has 0 saturated carbocycles.